The van der Waals surface area contributed by atoms with Gasteiger partial charge in [0.25, 0.3) is 0 Å². The van der Waals surface area contributed by atoms with Gasteiger partial charge in [-0.2, -0.15) is 0 Å². The summed E-state index contributed by atoms with van der Waals surface area (Å²) in [6.07, 6.45) is 8.62. The number of terminal acetylenes is 1. The first kappa shape index (κ1) is 7.19. The number of hydrogen-bond acceptors (Lipinski definition) is 1. The third-order valence-electron chi connectivity index (χ3n) is 1.80. The highest BCUT2D eigenvalue weighted by molar-refractivity contribution is 5.27. The Labute approximate surface area is 61.4 Å². The first-order chi connectivity index (χ1) is 4.77. The van der Waals surface area contributed by atoms with Crippen molar-refractivity contribution in [3.8, 4) is 24.2 Å². The fourth-order valence-electron chi connectivity index (χ4n) is 1.24. The smallest absolute Gasteiger partial charge is 0.126 e. The Morgan fingerprint density at radius 1 is 1.30 bits per heavy atom. The summed E-state index contributed by atoms with van der Waals surface area (Å²) in [5, 5.41) is 9.55. The Hall–Kier alpha value is -0.920. The molecule has 52 valence electrons. The van der Waals surface area contributed by atoms with E-state index in [0.29, 0.717) is 0 Å². The van der Waals surface area contributed by atoms with E-state index in [4.69, 9.17) is 6.42 Å². The monoisotopic (exact) mass is 134 g/mol. The van der Waals surface area contributed by atoms with Crippen LogP contribution < -0.4 is 0 Å². The normalized spacial score (nSPS) is 20.8. The summed E-state index contributed by atoms with van der Waals surface area (Å²) in [7, 11) is 0. The molecule has 1 saturated carbocycles. The zero-order chi connectivity index (χ0) is 7.45. The van der Waals surface area contributed by atoms with Gasteiger partial charge in [0.2, 0.25) is 0 Å². The lowest BCUT2D eigenvalue weighted by Gasteiger charge is -2.11. The van der Waals surface area contributed by atoms with Crippen LogP contribution in [0, 0.1) is 24.2 Å². The number of aliphatic hydroxyl groups is 1. The van der Waals surface area contributed by atoms with Gasteiger partial charge in [-0.3, -0.25) is 0 Å². The van der Waals surface area contributed by atoms with Gasteiger partial charge >= 0.3 is 0 Å². The Kier molecular flexibility index (Phi) is 2.00. The molecule has 0 bridgehead atoms. The molecule has 1 rings (SSSR count). The molecule has 1 aliphatic carbocycles. The highest BCUT2D eigenvalue weighted by atomic mass is 16.3. The van der Waals surface area contributed by atoms with Gasteiger partial charge in [-0.15, -0.1) is 6.42 Å². The van der Waals surface area contributed by atoms with Gasteiger partial charge < -0.3 is 5.11 Å². The fraction of sp³-hybridized carbons (Fsp3) is 0.556. The summed E-state index contributed by atoms with van der Waals surface area (Å²) >= 11 is 0. The summed E-state index contributed by atoms with van der Waals surface area (Å²) < 4.78 is 0. The molecule has 0 saturated heterocycles. The van der Waals surface area contributed by atoms with E-state index in [1.165, 1.54) is 0 Å². The quantitative estimate of drug-likeness (QED) is 0.488. The molecule has 0 atom stereocenters. The first-order valence-electron chi connectivity index (χ1n) is 3.47. The maximum Gasteiger partial charge on any atom is 0.126 e. The lowest BCUT2D eigenvalue weighted by Crippen LogP contribution is -2.20. The van der Waals surface area contributed by atoms with Crippen molar-refractivity contribution in [2.75, 3.05) is 0 Å². The van der Waals surface area contributed by atoms with Crippen LogP contribution in [0.15, 0.2) is 0 Å². The van der Waals surface area contributed by atoms with Crippen molar-refractivity contribution in [1.29, 1.82) is 0 Å². The van der Waals surface area contributed by atoms with Gasteiger partial charge in [-0.25, -0.2) is 0 Å². The molecule has 0 unspecified atom stereocenters. The Bertz CT molecular complexity index is 205. The van der Waals surface area contributed by atoms with Crippen LogP contribution in [0.2, 0.25) is 0 Å². The molecule has 0 aromatic rings. The second-order valence-electron chi connectivity index (χ2n) is 2.63. The lowest BCUT2D eigenvalue weighted by molar-refractivity contribution is 0.110. The van der Waals surface area contributed by atoms with Crippen molar-refractivity contribution in [2.45, 2.75) is 31.3 Å². The van der Waals surface area contributed by atoms with Crippen LogP contribution in [0.3, 0.4) is 0 Å². The molecule has 0 radical (unpaired) electrons. The van der Waals surface area contributed by atoms with Crippen molar-refractivity contribution >= 4 is 0 Å². The summed E-state index contributed by atoms with van der Waals surface area (Å²) in [5.74, 6) is 7.33. The molecular formula is C9H10O. The molecule has 0 aromatic heterocycles. The van der Waals surface area contributed by atoms with Crippen LogP contribution >= 0.6 is 0 Å². The van der Waals surface area contributed by atoms with Crippen LogP contribution in [0.25, 0.3) is 0 Å². The van der Waals surface area contributed by atoms with Crippen LogP contribution in [0.1, 0.15) is 25.7 Å². The molecule has 0 heterocycles. The number of hydrogen-bond donors (Lipinski definition) is 1. The fourth-order valence-corrected chi connectivity index (χ4v) is 1.24. The Morgan fingerprint density at radius 3 is 2.40 bits per heavy atom. The van der Waals surface area contributed by atoms with Gasteiger partial charge in [0.05, 0.1) is 0 Å². The van der Waals surface area contributed by atoms with Crippen molar-refractivity contribution < 1.29 is 5.11 Å². The highest BCUT2D eigenvalue weighted by Gasteiger charge is 2.28. The second kappa shape index (κ2) is 2.78. The minimum atomic E-state index is -0.758. The summed E-state index contributed by atoms with van der Waals surface area (Å²) in [5.41, 5.74) is -0.758. The minimum absolute atomic E-state index is 0.758. The van der Waals surface area contributed by atoms with E-state index in [2.05, 4.69) is 17.8 Å². The molecule has 0 amide bonds. The van der Waals surface area contributed by atoms with Gasteiger partial charge in [-0.1, -0.05) is 5.92 Å². The van der Waals surface area contributed by atoms with Crippen molar-refractivity contribution in [3.63, 3.8) is 0 Å². The topological polar surface area (TPSA) is 20.2 Å². The average Bonchev–Trinajstić information content (AvgIpc) is 2.33. The standard InChI is InChI=1S/C9H10O/c1-2-3-6-9(10)7-4-5-8-9/h1,10H,4-5,7-8H2. The highest BCUT2D eigenvalue weighted by Crippen LogP contribution is 2.28. The van der Waals surface area contributed by atoms with E-state index >= 15 is 0 Å². The third kappa shape index (κ3) is 1.53. The largest absolute Gasteiger partial charge is 0.378 e. The van der Waals surface area contributed by atoms with Crippen molar-refractivity contribution in [2.24, 2.45) is 0 Å². The maximum atomic E-state index is 9.55. The van der Waals surface area contributed by atoms with Gasteiger partial charge in [0.1, 0.15) is 5.60 Å². The van der Waals surface area contributed by atoms with Gasteiger partial charge in [0.15, 0.2) is 0 Å². The lowest BCUT2D eigenvalue weighted by atomic mass is 10.0. The zero-order valence-corrected chi connectivity index (χ0v) is 5.85. The molecule has 1 heteroatoms. The van der Waals surface area contributed by atoms with Crippen LogP contribution in [-0.2, 0) is 0 Å². The molecule has 1 aliphatic rings. The van der Waals surface area contributed by atoms with E-state index in [9.17, 15) is 5.11 Å². The average molecular weight is 134 g/mol. The van der Waals surface area contributed by atoms with E-state index in [0.717, 1.165) is 25.7 Å². The minimum Gasteiger partial charge on any atom is -0.378 e. The molecule has 0 aromatic carbocycles. The van der Waals surface area contributed by atoms with Crippen LogP contribution in [0.4, 0.5) is 0 Å². The van der Waals surface area contributed by atoms with Crippen molar-refractivity contribution in [3.05, 3.63) is 0 Å². The van der Waals surface area contributed by atoms with Crippen molar-refractivity contribution in [1.82, 2.24) is 0 Å². The van der Waals surface area contributed by atoms with E-state index < -0.39 is 5.60 Å². The van der Waals surface area contributed by atoms with Crippen LogP contribution in [-0.4, -0.2) is 10.7 Å². The van der Waals surface area contributed by atoms with E-state index in [-0.39, 0.29) is 0 Å². The second-order valence-corrected chi connectivity index (χ2v) is 2.63. The third-order valence-corrected chi connectivity index (χ3v) is 1.80. The summed E-state index contributed by atoms with van der Waals surface area (Å²) in [6, 6.07) is 0. The molecule has 1 nitrogen and oxygen atoms in total. The molecule has 0 aliphatic heterocycles. The predicted octanol–water partition coefficient (Wildman–Crippen LogP) is 0.928. The zero-order valence-electron chi connectivity index (χ0n) is 5.85. The maximum absolute atomic E-state index is 9.55. The molecule has 10 heavy (non-hydrogen) atoms. The Balaban J connectivity index is 2.61. The van der Waals surface area contributed by atoms with Crippen LogP contribution in [0.5, 0.6) is 0 Å². The first-order valence-corrected chi connectivity index (χ1v) is 3.47. The number of rotatable bonds is 0. The molecule has 1 fully saturated rings. The van der Waals surface area contributed by atoms with E-state index in [1.807, 2.05) is 0 Å². The van der Waals surface area contributed by atoms with Gasteiger partial charge in [0, 0.05) is 0 Å². The molecule has 1 N–H and O–H groups in total. The molecular weight excluding hydrogens is 124 g/mol. The predicted molar refractivity (Wildman–Crippen MR) is 40.0 cm³/mol. The summed E-state index contributed by atoms with van der Waals surface area (Å²) in [4.78, 5) is 0. The Morgan fingerprint density at radius 2 is 1.90 bits per heavy atom. The van der Waals surface area contributed by atoms with E-state index in [1.54, 1.807) is 0 Å². The SMILES string of the molecule is C#CC#CC1(O)CCCC1. The molecule has 0 spiro atoms. The van der Waals surface area contributed by atoms with Gasteiger partial charge in [-0.05, 0) is 37.5 Å². The summed E-state index contributed by atoms with van der Waals surface area (Å²) in [6.45, 7) is 0.